The lowest BCUT2D eigenvalue weighted by atomic mass is 9.92. The average Bonchev–Trinajstić information content (AvgIpc) is 3.30. The Bertz CT molecular complexity index is 1010. The van der Waals surface area contributed by atoms with Crippen molar-refractivity contribution in [3.05, 3.63) is 0 Å². The lowest BCUT2D eigenvalue weighted by Gasteiger charge is -2.47. The first-order valence-electron chi connectivity index (χ1n) is 15.7. The number of unbranched alkanes of at least 4 members (excludes halogenated alkanes) is 13. The molecular weight excluding hydrogens is 582 g/mol. The van der Waals surface area contributed by atoms with Gasteiger partial charge in [0.05, 0.1) is 0 Å². The number of fused-ring (bicyclic) bond motifs is 1. The van der Waals surface area contributed by atoms with E-state index < -0.39 is 64.7 Å². The normalized spacial score (nSPS) is 23.4. The summed E-state index contributed by atoms with van der Waals surface area (Å²) in [5.41, 5.74) is 0. The highest BCUT2D eigenvalue weighted by molar-refractivity contribution is 7.87. The van der Waals surface area contributed by atoms with Gasteiger partial charge in [-0.25, -0.2) is 9.52 Å². The molecule has 0 radical (unpaired) electrons. The number of hydrogen-bond acceptors (Lipinski definition) is 10. The molecule has 2 aliphatic rings. The van der Waals surface area contributed by atoms with E-state index in [9.17, 15) is 27.6 Å². The minimum atomic E-state index is -4.21. The molecule has 2 N–H and O–H groups in total. The zero-order valence-corrected chi connectivity index (χ0v) is 27.0. The van der Waals surface area contributed by atoms with Crippen molar-refractivity contribution < 1.29 is 46.5 Å². The summed E-state index contributed by atoms with van der Waals surface area (Å²) in [6, 6.07) is -0.994. The zero-order chi connectivity index (χ0) is 31.8. The van der Waals surface area contributed by atoms with Crippen LogP contribution in [0.15, 0.2) is 0 Å². The molecule has 0 aromatic rings. The van der Waals surface area contributed by atoms with Gasteiger partial charge in [0.25, 0.3) is 10.2 Å². The fourth-order valence-electron chi connectivity index (χ4n) is 5.60. The number of nitrogens with one attached hydrogen (secondary N) is 2. The molecule has 5 atom stereocenters. The number of carbonyl (C=O) groups is 4. The molecule has 2 saturated heterocycles. The summed E-state index contributed by atoms with van der Waals surface area (Å²) in [4.78, 5) is 49.4. The molecule has 2 rings (SSSR count). The first-order valence-corrected chi connectivity index (χ1v) is 17.2. The van der Waals surface area contributed by atoms with Crippen molar-refractivity contribution in [2.24, 2.45) is 0 Å². The molecule has 248 valence electrons. The van der Waals surface area contributed by atoms with Crippen LogP contribution < -0.4 is 9.44 Å². The molecule has 3 unspecified atom stereocenters. The predicted molar refractivity (Wildman–Crippen MR) is 158 cm³/mol. The molecule has 2 fully saturated rings. The minimum absolute atomic E-state index is 0.162. The van der Waals surface area contributed by atoms with E-state index >= 15 is 0 Å². The van der Waals surface area contributed by atoms with Crippen molar-refractivity contribution in [2.75, 3.05) is 13.2 Å². The fraction of sp³-hybridized carbons (Fsp3) is 0.862. The van der Waals surface area contributed by atoms with Gasteiger partial charge in [-0.15, -0.1) is 0 Å². The molecule has 0 aliphatic carbocycles. The molecule has 0 spiro atoms. The van der Waals surface area contributed by atoms with Crippen molar-refractivity contribution in [1.82, 2.24) is 14.3 Å². The molecule has 0 aromatic carbocycles. The monoisotopic (exact) mass is 633 g/mol. The van der Waals surface area contributed by atoms with Gasteiger partial charge in [0.15, 0.2) is 18.3 Å². The quantitative estimate of drug-likeness (QED) is 0.108. The second-order valence-electron chi connectivity index (χ2n) is 11.3. The number of carbonyl (C=O) groups excluding carboxylic acids is 4. The highest BCUT2D eigenvalue weighted by Gasteiger charge is 2.60. The summed E-state index contributed by atoms with van der Waals surface area (Å²) < 4.78 is 52.0. The molecule has 0 saturated carbocycles. The second kappa shape index (κ2) is 19.0. The van der Waals surface area contributed by atoms with Crippen LogP contribution in [0.25, 0.3) is 0 Å². The first kappa shape index (κ1) is 36.7. The van der Waals surface area contributed by atoms with E-state index in [1.807, 2.05) is 0 Å². The van der Waals surface area contributed by atoms with Crippen molar-refractivity contribution in [1.29, 1.82) is 0 Å². The Morgan fingerprint density at radius 2 is 1.19 bits per heavy atom. The molecule has 14 heteroatoms. The van der Waals surface area contributed by atoms with Crippen LogP contribution in [0, 0.1) is 0 Å². The number of piperidine rings is 1. The molecule has 0 aromatic heterocycles. The molecule has 2 heterocycles. The summed E-state index contributed by atoms with van der Waals surface area (Å²) in [6.07, 6.45) is 9.92. The van der Waals surface area contributed by atoms with Gasteiger partial charge < -0.3 is 18.9 Å². The van der Waals surface area contributed by atoms with Gasteiger partial charge in [0, 0.05) is 27.3 Å². The minimum Gasteiger partial charge on any atom is -0.456 e. The van der Waals surface area contributed by atoms with Crippen LogP contribution >= 0.6 is 0 Å². The Kier molecular flexibility index (Phi) is 16.3. The number of amides is 1. The van der Waals surface area contributed by atoms with E-state index in [0.717, 1.165) is 44.9 Å². The maximum atomic E-state index is 13.0. The van der Waals surface area contributed by atoms with Crippen LogP contribution in [0.2, 0.25) is 0 Å². The summed E-state index contributed by atoms with van der Waals surface area (Å²) in [5, 5.41) is 0. The maximum absolute atomic E-state index is 13.0. The lowest BCUT2D eigenvalue weighted by molar-refractivity contribution is -0.207. The third kappa shape index (κ3) is 13.0. The lowest BCUT2D eigenvalue weighted by Crippen LogP contribution is -2.72. The molecule has 43 heavy (non-hydrogen) atoms. The highest BCUT2D eigenvalue weighted by Crippen LogP contribution is 2.34. The van der Waals surface area contributed by atoms with E-state index in [0.29, 0.717) is 6.42 Å². The van der Waals surface area contributed by atoms with E-state index in [-0.39, 0.29) is 13.2 Å². The van der Waals surface area contributed by atoms with Gasteiger partial charge in [-0.1, -0.05) is 90.4 Å². The van der Waals surface area contributed by atoms with Gasteiger partial charge in [-0.05, 0) is 6.42 Å². The number of esters is 3. The Morgan fingerprint density at radius 3 is 1.67 bits per heavy atom. The summed E-state index contributed by atoms with van der Waals surface area (Å²) >= 11 is 0. The van der Waals surface area contributed by atoms with Crippen LogP contribution in [-0.2, 0) is 43.5 Å². The Hall–Kier alpha value is -2.45. The second-order valence-corrected chi connectivity index (χ2v) is 12.9. The van der Waals surface area contributed by atoms with Gasteiger partial charge in [-0.3, -0.25) is 19.3 Å². The van der Waals surface area contributed by atoms with Gasteiger partial charge in [-0.2, -0.15) is 13.1 Å². The Labute approximate surface area is 256 Å². The fourth-order valence-corrected chi connectivity index (χ4v) is 6.66. The van der Waals surface area contributed by atoms with Crippen molar-refractivity contribution in [3.63, 3.8) is 0 Å². The Balaban J connectivity index is 1.87. The summed E-state index contributed by atoms with van der Waals surface area (Å²) in [7, 11) is -4.21. The predicted octanol–water partition coefficient (Wildman–Crippen LogP) is 3.85. The topological polar surface area (TPSA) is 167 Å². The van der Waals surface area contributed by atoms with Crippen LogP contribution in [0.3, 0.4) is 0 Å². The zero-order valence-electron chi connectivity index (χ0n) is 26.1. The van der Waals surface area contributed by atoms with Crippen LogP contribution in [0.1, 0.15) is 118 Å². The number of cyclic esters (lactones) is 1. The molecular formula is C29H51N3O10S. The summed E-state index contributed by atoms with van der Waals surface area (Å²) in [6.45, 7) is 5.45. The molecule has 13 nitrogen and oxygen atoms in total. The van der Waals surface area contributed by atoms with Gasteiger partial charge >= 0.3 is 24.0 Å². The molecule has 1 amide bonds. The molecule has 0 bridgehead atoms. The maximum Gasteiger partial charge on any atom is 0.411 e. The van der Waals surface area contributed by atoms with Gasteiger partial charge in [0.2, 0.25) is 0 Å². The summed E-state index contributed by atoms with van der Waals surface area (Å²) in [5.74, 6) is -2.35. The van der Waals surface area contributed by atoms with Crippen molar-refractivity contribution >= 4 is 34.2 Å². The number of ether oxygens (including phenoxy) is 4. The van der Waals surface area contributed by atoms with Gasteiger partial charge in [0.1, 0.15) is 18.8 Å². The third-order valence-electron chi connectivity index (χ3n) is 7.59. The van der Waals surface area contributed by atoms with E-state index in [1.54, 1.807) is 0 Å². The van der Waals surface area contributed by atoms with Crippen LogP contribution in [0.4, 0.5) is 4.79 Å². The van der Waals surface area contributed by atoms with Crippen LogP contribution in [0.5, 0.6) is 0 Å². The van der Waals surface area contributed by atoms with Crippen molar-refractivity contribution in [3.8, 4) is 0 Å². The number of nitrogens with zero attached hydrogens (tertiary/aromatic N) is 1. The average molecular weight is 634 g/mol. The Morgan fingerprint density at radius 1 is 0.744 bits per heavy atom. The smallest absolute Gasteiger partial charge is 0.411 e. The molecule has 2 aliphatic heterocycles. The first-order chi connectivity index (χ1) is 20.5. The SMILES string of the molecule is CCCCCCCCCCCCCCCCNS(=O)(=O)N[C@@H]1C(OC(C)=O)C(OC(C)=O)[C@H](OC(C)=O)C2COC(=O)N21. The van der Waals surface area contributed by atoms with E-state index in [2.05, 4.69) is 16.4 Å². The van der Waals surface area contributed by atoms with E-state index in [1.165, 1.54) is 64.2 Å². The highest BCUT2D eigenvalue weighted by atomic mass is 32.2. The number of hydrogen-bond donors (Lipinski definition) is 2. The number of rotatable bonds is 21. The van der Waals surface area contributed by atoms with Crippen molar-refractivity contribution in [2.45, 2.75) is 148 Å². The van der Waals surface area contributed by atoms with E-state index in [4.69, 9.17) is 18.9 Å². The largest absolute Gasteiger partial charge is 0.456 e. The van der Waals surface area contributed by atoms with Crippen LogP contribution in [-0.4, -0.2) is 81.0 Å². The standard InChI is InChI=1S/C29H51N3O10S/c1-5-6-7-8-9-10-11-12-13-14-15-16-17-18-19-30-43(37,38)31-28-27(42-23(4)35)26(41-22(3)34)25(40-21(2)33)24-20-39-29(36)32(24)28/h24-28,30-31H,5-20H2,1-4H3/t24?,25-,26?,27?,28+/m1/s1. The third-order valence-corrected chi connectivity index (χ3v) is 8.72.